The molecule has 43 nitrogen and oxygen atoms in total. The third kappa shape index (κ3) is 41.7. The summed E-state index contributed by atoms with van der Waals surface area (Å²) in [5.74, 6) is -18.8. The summed E-state index contributed by atoms with van der Waals surface area (Å²) >= 11 is 17.1. The summed E-state index contributed by atoms with van der Waals surface area (Å²) in [6.45, 7) is 7.38. The molecule has 0 saturated heterocycles. The molecular weight excluding hydrogens is 1630 g/mol. The second-order valence-corrected chi connectivity index (χ2v) is 29.9. The second-order valence-electron chi connectivity index (χ2n) is 28.4. The fourth-order valence-electron chi connectivity index (χ4n) is 11.0. The number of rotatable bonds is 55. The number of carbonyl (C=O) groups excluding carboxylic acids is 15. The van der Waals surface area contributed by atoms with Crippen molar-refractivity contribution in [2.24, 2.45) is 40.7 Å². The van der Waals surface area contributed by atoms with Gasteiger partial charge >= 0.3 is 5.97 Å². The Morgan fingerprint density at radius 1 is 0.353 bits per heavy atom. The van der Waals surface area contributed by atoms with Crippen LogP contribution in [0.2, 0.25) is 0 Å². The van der Waals surface area contributed by atoms with E-state index >= 15 is 0 Å². The number of carbonyl (C=O) groups is 16. The van der Waals surface area contributed by atoms with E-state index in [1.165, 1.54) is 24.3 Å². The van der Waals surface area contributed by atoms with E-state index in [0.29, 0.717) is 17.5 Å². The Bertz CT molecular complexity index is 3780. The van der Waals surface area contributed by atoms with Gasteiger partial charge in [-0.05, 0) is 86.0 Å². The number of nitrogens with two attached hydrogens (primary N) is 4. The lowest BCUT2D eigenvalue weighted by Crippen LogP contribution is -2.61. The van der Waals surface area contributed by atoms with Crippen molar-refractivity contribution in [1.29, 1.82) is 16.2 Å². The van der Waals surface area contributed by atoms with Crippen LogP contribution in [0.3, 0.4) is 0 Å². The highest BCUT2D eigenvalue weighted by molar-refractivity contribution is 7.80. The molecule has 2 aromatic rings. The van der Waals surface area contributed by atoms with Crippen molar-refractivity contribution in [3.63, 3.8) is 0 Å². The van der Waals surface area contributed by atoms with Gasteiger partial charge in [-0.15, -0.1) is 0 Å². The summed E-state index contributed by atoms with van der Waals surface area (Å²) in [5.41, 5.74) is 23.0. The molecule has 47 heteroatoms. The predicted molar refractivity (Wildman–Crippen MR) is 453 cm³/mol. The summed E-state index contributed by atoms with van der Waals surface area (Å²) in [7, 11) is 0. The average Bonchev–Trinajstić information content (AvgIpc) is 0.852. The normalized spacial score (nSPS) is 14.0. The van der Waals surface area contributed by atoms with Crippen LogP contribution in [-0.2, 0) is 89.6 Å². The first-order chi connectivity index (χ1) is 56.1. The monoisotopic (exact) mass is 1750 g/mol. The number of benzene rings is 2. The van der Waals surface area contributed by atoms with E-state index in [9.17, 15) is 81.8 Å². The molecular formula is C72H117N25O18S4. The third-order valence-corrected chi connectivity index (χ3v) is 18.8. The Kier molecular flexibility index (Phi) is 48.6. The molecule has 31 N–H and O–H groups in total. The second kappa shape index (κ2) is 55.6. The predicted octanol–water partition coefficient (Wildman–Crippen LogP) is -7.75. The van der Waals surface area contributed by atoms with E-state index in [0.717, 1.165) is 0 Å². The maximum Gasteiger partial charge on any atom is 0.322 e. The summed E-state index contributed by atoms with van der Waals surface area (Å²) in [6.07, 6.45) is -0.156. The molecule has 15 amide bonds. The molecule has 0 saturated carbocycles. The van der Waals surface area contributed by atoms with Crippen molar-refractivity contribution in [1.82, 2.24) is 95.7 Å². The first-order valence-electron chi connectivity index (χ1n) is 38.0. The van der Waals surface area contributed by atoms with Gasteiger partial charge in [-0.1, -0.05) is 84.0 Å². The molecule has 0 aliphatic rings. The Hall–Kier alpha value is -11.1. The highest BCUT2D eigenvalue weighted by Gasteiger charge is 2.37. The fourth-order valence-corrected chi connectivity index (χ4v) is 12.0. The van der Waals surface area contributed by atoms with Gasteiger partial charge in [-0.3, -0.25) is 92.9 Å². The minimum absolute atomic E-state index is 0.00243. The number of nitrogens with one attached hydrogen (secondary N) is 21. The number of aromatic hydroxyl groups is 1. The smallest absolute Gasteiger partial charge is 0.322 e. The largest absolute Gasteiger partial charge is 0.508 e. The molecule has 2 rings (SSSR count). The van der Waals surface area contributed by atoms with E-state index in [2.05, 4.69) is 146 Å². The Morgan fingerprint density at radius 2 is 0.681 bits per heavy atom. The van der Waals surface area contributed by atoms with Gasteiger partial charge in [0.2, 0.25) is 88.6 Å². The number of carboxylic acids is 1. The first kappa shape index (κ1) is 104. The van der Waals surface area contributed by atoms with E-state index in [-0.39, 0.29) is 106 Å². The standard InChI is InChI=1S/C72H117N25O18S4/c1-36(2)25-45(88-53(100)29-83-52(99)28-84-58(104)42(73)15-10-22-80-70(74)75)61(107)92-49(33-117)65(111)91-47(27-40-18-20-41(98)21-19-40)63(109)93-48(32-116)64(110)89-43(16-11-23-81-71(76)77)59(105)85-30-54(101)87-44(17-12-24-82-72(78)79)60(106)90-46(26-39-13-8-7-9-14-39)62(108)94-50(34-118)66(112)97-57(38(5)6)69(115)95-51(35-119)67(113)96-56(37(3)4)68(114)86-31-55(102)103/h7-9,13-14,18-21,36-38,42-51,56-57,98,116-119H,10-12,15-17,22-35,73H2,1-6H3,(H,83,99)(H,84,104)(H,85,105)(H,86,114)(H,87,101)(H,88,100)(H,89,110)(H,90,106)(H,91,111)(H,92,107)(H,93,109)(H,94,108)(H,95,115)(H,96,113)(H,97,112)(H,102,103)(H4,74,75,80)(H4,76,77,81)(H4,78,79,82)/t42-,43-,44-,45-,46-,47-,48-,49-,50-,51-,56-,57-/m0/s1. The van der Waals surface area contributed by atoms with Crippen LogP contribution in [-0.4, -0.2) is 264 Å². The highest BCUT2D eigenvalue weighted by Crippen LogP contribution is 2.15. The zero-order chi connectivity index (χ0) is 89.6. The van der Waals surface area contributed by atoms with Crippen LogP contribution in [0.4, 0.5) is 0 Å². The fraction of sp³-hybridized carbons (Fsp3) is 0.569. The molecule has 0 aliphatic carbocycles. The van der Waals surface area contributed by atoms with Crippen LogP contribution in [0.15, 0.2) is 54.6 Å². The van der Waals surface area contributed by atoms with Crippen LogP contribution < -0.4 is 119 Å². The van der Waals surface area contributed by atoms with Crippen LogP contribution in [0.25, 0.3) is 0 Å². The molecule has 2 aromatic carbocycles. The molecule has 0 fully saturated rings. The summed E-state index contributed by atoms with van der Waals surface area (Å²) < 4.78 is 0. The molecule has 0 aliphatic heterocycles. The van der Waals surface area contributed by atoms with Gasteiger partial charge in [-0.25, -0.2) is 0 Å². The van der Waals surface area contributed by atoms with Crippen LogP contribution in [0, 0.1) is 34.0 Å². The van der Waals surface area contributed by atoms with Gasteiger partial charge in [-0.2, -0.15) is 50.5 Å². The number of hydrogen-bond acceptors (Lipinski definition) is 25. The number of carboxylic acid groups (broad SMARTS) is 1. The van der Waals surface area contributed by atoms with Gasteiger partial charge in [0, 0.05) is 55.5 Å². The lowest BCUT2D eigenvalue weighted by molar-refractivity contribution is -0.139. The van der Waals surface area contributed by atoms with E-state index in [1.54, 1.807) is 71.9 Å². The summed E-state index contributed by atoms with van der Waals surface area (Å²) in [6, 6.07) is -3.08. The Morgan fingerprint density at radius 3 is 1.10 bits per heavy atom. The van der Waals surface area contributed by atoms with E-state index in [1.807, 2.05) is 0 Å². The number of phenolic OH excluding ortho intramolecular Hbond substituents is 1. The molecule has 0 unspecified atom stereocenters. The first-order valence-corrected chi connectivity index (χ1v) is 40.5. The number of hydrogen-bond donors (Lipinski definition) is 31. The van der Waals surface area contributed by atoms with Gasteiger partial charge < -0.3 is 129 Å². The number of amides is 15. The van der Waals surface area contributed by atoms with Crippen molar-refractivity contribution in [2.75, 3.05) is 68.8 Å². The topological polar surface area (TPSA) is 706 Å². The van der Waals surface area contributed by atoms with Crippen LogP contribution >= 0.6 is 50.5 Å². The lowest BCUT2D eigenvalue weighted by atomic mass is 10.0. The number of phenols is 1. The molecule has 0 heterocycles. The van der Waals surface area contributed by atoms with Gasteiger partial charge in [0.25, 0.3) is 0 Å². The van der Waals surface area contributed by atoms with Gasteiger partial charge in [0.1, 0.15) is 78.8 Å². The molecule has 0 spiro atoms. The molecule has 0 aromatic heterocycles. The van der Waals surface area contributed by atoms with E-state index < -0.39 is 223 Å². The summed E-state index contributed by atoms with van der Waals surface area (Å²) in [5, 5.41) is 86.6. The Balaban J connectivity index is 2.40. The molecule has 0 radical (unpaired) electrons. The van der Waals surface area contributed by atoms with Gasteiger partial charge in [0.15, 0.2) is 17.9 Å². The highest BCUT2D eigenvalue weighted by atomic mass is 32.1. The average molecular weight is 1750 g/mol. The number of thiol groups is 4. The lowest BCUT2D eigenvalue weighted by Gasteiger charge is -2.28. The quantitative estimate of drug-likeness (QED) is 0.0127. The minimum Gasteiger partial charge on any atom is -0.508 e. The minimum atomic E-state index is -1.58. The van der Waals surface area contributed by atoms with Gasteiger partial charge in [0.05, 0.1) is 25.7 Å². The maximum atomic E-state index is 14.5. The third-order valence-electron chi connectivity index (χ3n) is 17.3. The van der Waals surface area contributed by atoms with Crippen molar-refractivity contribution in [3.8, 4) is 5.75 Å². The van der Waals surface area contributed by atoms with Crippen LogP contribution in [0.1, 0.15) is 97.6 Å². The maximum absolute atomic E-state index is 14.5. The van der Waals surface area contributed by atoms with Crippen molar-refractivity contribution >= 4 is 163 Å². The molecule has 0 bridgehead atoms. The molecule has 119 heavy (non-hydrogen) atoms. The zero-order valence-corrected chi connectivity index (χ0v) is 70.6. The number of aliphatic carboxylic acids is 1. The van der Waals surface area contributed by atoms with Crippen molar-refractivity contribution in [2.45, 2.75) is 172 Å². The Labute approximate surface area is 710 Å². The number of guanidine groups is 3. The zero-order valence-electron chi connectivity index (χ0n) is 67.0. The van der Waals surface area contributed by atoms with Crippen molar-refractivity contribution < 1.29 is 86.9 Å². The van der Waals surface area contributed by atoms with Crippen LogP contribution in [0.5, 0.6) is 5.75 Å². The van der Waals surface area contributed by atoms with Crippen molar-refractivity contribution in [3.05, 3.63) is 65.7 Å². The SMILES string of the molecule is CC(C)C[C@H](NC(=O)CNC(=O)CNC(=O)[C@@H](N)CCCNC(=N)N)C(=O)N[C@@H](CS)C(=O)N[C@@H](Cc1ccc(O)cc1)C(=O)N[C@@H](CS)C(=O)N[C@@H](CCCNC(=N)N)C(=O)NCC(=O)N[C@@H](CCCNC(=N)N)C(=O)N[C@@H](Cc1ccccc1)C(=O)N[C@@H](CS)C(=O)N[C@H](C(=O)N[C@@H](CS)C(=O)N[C@H](C(=O)NCC(=O)O)C(C)C)C(C)C. The molecule has 12 atom stereocenters. The molecule has 662 valence electrons. The van der Waals surface area contributed by atoms with E-state index in [4.69, 9.17) is 44.3 Å². The summed E-state index contributed by atoms with van der Waals surface area (Å²) in [4.78, 5) is 217.